The van der Waals surface area contributed by atoms with E-state index in [1.807, 2.05) is 0 Å². The van der Waals surface area contributed by atoms with Gasteiger partial charge in [-0.1, -0.05) is 66.4 Å². The molecular weight excluding hydrogens is 248 g/mol. The van der Waals surface area contributed by atoms with Gasteiger partial charge in [0, 0.05) is 5.33 Å². The molecule has 0 spiro atoms. The maximum atomic E-state index is 3.51. The van der Waals surface area contributed by atoms with E-state index in [9.17, 15) is 0 Å². The fraction of sp³-hybridized carbons (Fsp3) is 0.571. The molecule has 0 saturated heterocycles. The molecule has 0 N–H and O–H groups in total. The molecule has 0 aliphatic carbocycles. The van der Waals surface area contributed by atoms with Gasteiger partial charge in [0.2, 0.25) is 0 Å². The molecule has 84 valence electrons. The molecule has 0 aliphatic heterocycles. The molecule has 0 atom stereocenters. The maximum Gasteiger partial charge on any atom is 0.00719 e. The van der Waals surface area contributed by atoms with Crippen molar-refractivity contribution in [1.82, 2.24) is 0 Å². The number of benzene rings is 1. The van der Waals surface area contributed by atoms with E-state index < -0.39 is 0 Å². The van der Waals surface area contributed by atoms with E-state index in [0.717, 1.165) is 11.8 Å². The van der Waals surface area contributed by atoms with Crippen molar-refractivity contribution in [3.63, 3.8) is 0 Å². The average Bonchev–Trinajstić information content (AvgIpc) is 2.27. The zero-order valence-corrected chi connectivity index (χ0v) is 11.2. The Kier molecular flexibility index (Phi) is 6.74. The predicted molar refractivity (Wildman–Crippen MR) is 71.8 cm³/mol. The quantitative estimate of drug-likeness (QED) is 0.495. The highest BCUT2D eigenvalue weighted by Gasteiger charge is 2.00. The number of unbranched alkanes of at least 4 members (excludes halogenated alkanes) is 3. The topological polar surface area (TPSA) is 0 Å². The molecule has 0 aromatic heterocycles. The van der Waals surface area contributed by atoms with E-state index in [1.54, 1.807) is 5.56 Å². The van der Waals surface area contributed by atoms with E-state index in [0.29, 0.717) is 0 Å². The van der Waals surface area contributed by atoms with Crippen LogP contribution in [0.25, 0.3) is 0 Å². The summed E-state index contributed by atoms with van der Waals surface area (Å²) >= 11 is 3.51. The normalized spacial score (nSPS) is 10.5. The lowest BCUT2D eigenvalue weighted by atomic mass is 9.99. The van der Waals surface area contributed by atoms with Crippen LogP contribution in [-0.2, 0) is 12.8 Å². The van der Waals surface area contributed by atoms with Gasteiger partial charge in [0.25, 0.3) is 0 Å². The van der Waals surface area contributed by atoms with Gasteiger partial charge in [-0.3, -0.25) is 0 Å². The lowest BCUT2D eigenvalue weighted by molar-refractivity contribution is 0.665. The fourth-order valence-corrected chi connectivity index (χ4v) is 2.32. The number of hydrogen-bond donors (Lipinski definition) is 0. The van der Waals surface area contributed by atoms with Crippen LogP contribution < -0.4 is 0 Å². The summed E-state index contributed by atoms with van der Waals surface area (Å²) in [4.78, 5) is 0. The zero-order valence-electron chi connectivity index (χ0n) is 9.64. The van der Waals surface area contributed by atoms with Gasteiger partial charge in [-0.25, -0.2) is 0 Å². The second-order valence-electron chi connectivity index (χ2n) is 4.02. The summed E-state index contributed by atoms with van der Waals surface area (Å²) in [6, 6.07) is 8.85. The Bertz CT molecular complexity index is 268. The first-order chi connectivity index (χ1) is 7.38. The van der Waals surface area contributed by atoms with Crippen LogP contribution in [0.5, 0.6) is 0 Å². The third-order valence-electron chi connectivity index (χ3n) is 2.78. The molecule has 0 saturated carbocycles. The first kappa shape index (κ1) is 12.8. The number of rotatable bonds is 7. The van der Waals surface area contributed by atoms with Crippen LogP contribution in [0.4, 0.5) is 0 Å². The van der Waals surface area contributed by atoms with Crippen molar-refractivity contribution in [2.75, 3.05) is 5.33 Å². The first-order valence-corrected chi connectivity index (χ1v) is 7.13. The third kappa shape index (κ3) is 4.83. The van der Waals surface area contributed by atoms with Gasteiger partial charge in [0.1, 0.15) is 0 Å². The molecule has 0 amide bonds. The minimum absolute atomic E-state index is 1.07. The summed E-state index contributed by atoms with van der Waals surface area (Å²) in [6.45, 7) is 2.26. The van der Waals surface area contributed by atoms with Crippen molar-refractivity contribution < 1.29 is 0 Å². The Balaban J connectivity index is 2.44. The van der Waals surface area contributed by atoms with Gasteiger partial charge < -0.3 is 0 Å². The fourth-order valence-electron chi connectivity index (χ4n) is 1.89. The van der Waals surface area contributed by atoms with Gasteiger partial charge in [-0.15, -0.1) is 0 Å². The Labute approximate surface area is 102 Å². The lowest BCUT2D eigenvalue weighted by Gasteiger charge is -2.07. The molecule has 1 rings (SSSR count). The largest absolute Gasteiger partial charge is 0.0924 e. The summed E-state index contributed by atoms with van der Waals surface area (Å²) in [5.74, 6) is 0. The van der Waals surface area contributed by atoms with Crippen LogP contribution in [0.15, 0.2) is 24.3 Å². The summed E-state index contributed by atoms with van der Waals surface area (Å²) in [5.41, 5.74) is 3.07. The van der Waals surface area contributed by atoms with Crippen LogP contribution in [-0.4, -0.2) is 5.33 Å². The number of alkyl halides is 1. The molecule has 0 bridgehead atoms. The maximum absolute atomic E-state index is 3.51. The second-order valence-corrected chi connectivity index (χ2v) is 4.81. The predicted octanol–water partition coefficient (Wildman–Crippen LogP) is 4.75. The molecule has 1 aromatic rings. The molecule has 0 unspecified atom stereocenters. The van der Waals surface area contributed by atoms with Crippen molar-refractivity contribution in [2.24, 2.45) is 0 Å². The van der Waals surface area contributed by atoms with Crippen molar-refractivity contribution in [3.05, 3.63) is 35.4 Å². The second kappa shape index (κ2) is 7.92. The van der Waals surface area contributed by atoms with Crippen molar-refractivity contribution >= 4 is 15.9 Å². The van der Waals surface area contributed by atoms with Gasteiger partial charge >= 0.3 is 0 Å². The molecule has 0 fully saturated rings. The van der Waals surface area contributed by atoms with E-state index in [4.69, 9.17) is 0 Å². The lowest BCUT2D eigenvalue weighted by Crippen LogP contribution is -1.95. The van der Waals surface area contributed by atoms with Crippen LogP contribution in [0.2, 0.25) is 0 Å². The molecule has 0 aliphatic rings. The Hall–Kier alpha value is -0.300. The van der Waals surface area contributed by atoms with Gasteiger partial charge in [0.15, 0.2) is 0 Å². The molecule has 1 aromatic carbocycles. The standard InChI is InChI=1S/C14H21Br/c1-2-3-4-5-8-13-9-6-7-10-14(13)11-12-15/h6-7,9-10H,2-5,8,11-12H2,1H3. The Morgan fingerprint density at radius 1 is 0.933 bits per heavy atom. The average molecular weight is 269 g/mol. The Morgan fingerprint density at radius 3 is 2.20 bits per heavy atom. The van der Waals surface area contributed by atoms with E-state index >= 15 is 0 Å². The summed E-state index contributed by atoms with van der Waals surface area (Å²) in [5, 5.41) is 1.07. The molecular formula is C14H21Br. The van der Waals surface area contributed by atoms with Crippen molar-refractivity contribution in [1.29, 1.82) is 0 Å². The summed E-state index contributed by atoms with van der Waals surface area (Å²) in [6.07, 6.45) is 7.82. The monoisotopic (exact) mass is 268 g/mol. The number of aryl methyl sites for hydroxylation is 2. The minimum Gasteiger partial charge on any atom is -0.0924 e. The van der Waals surface area contributed by atoms with Crippen LogP contribution >= 0.6 is 15.9 Å². The number of hydrogen-bond acceptors (Lipinski definition) is 0. The molecule has 15 heavy (non-hydrogen) atoms. The molecule has 1 heteroatoms. The number of halogens is 1. The molecule has 0 heterocycles. The first-order valence-electron chi connectivity index (χ1n) is 6.01. The van der Waals surface area contributed by atoms with E-state index in [-0.39, 0.29) is 0 Å². The van der Waals surface area contributed by atoms with Crippen molar-refractivity contribution in [3.8, 4) is 0 Å². The third-order valence-corrected chi connectivity index (χ3v) is 3.18. The highest BCUT2D eigenvalue weighted by atomic mass is 79.9. The smallest absolute Gasteiger partial charge is 0.00719 e. The highest BCUT2D eigenvalue weighted by molar-refractivity contribution is 9.09. The van der Waals surface area contributed by atoms with Gasteiger partial charge in [-0.2, -0.15) is 0 Å². The highest BCUT2D eigenvalue weighted by Crippen LogP contribution is 2.14. The van der Waals surface area contributed by atoms with Crippen molar-refractivity contribution in [2.45, 2.75) is 45.4 Å². The van der Waals surface area contributed by atoms with Gasteiger partial charge in [0.05, 0.1) is 0 Å². The van der Waals surface area contributed by atoms with Gasteiger partial charge in [-0.05, 0) is 30.4 Å². The van der Waals surface area contributed by atoms with E-state index in [2.05, 4.69) is 47.1 Å². The zero-order chi connectivity index (χ0) is 10.9. The van der Waals surface area contributed by atoms with Crippen LogP contribution in [0, 0.1) is 0 Å². The summed E-state index contributed by atoms with van der Waals surface area (Å²) in [7, 11) is 0. The summed E-state index contributed by atoms with van der Waals surface area (Å²) < 4.78 is 0. The molecule has 0 nitrogen and oxygen atoms in total. The minimum atomic E-state index is 1.07. The Morgan fingerprint density at radius 2 is 1.60 bits per heavy atom. The SMILES string of the molecule is CCCCCCc1ccccc1CCBr. The van der Waals surface area contributed by atoms with Crippen LogP contribution in [0.3, 0.4) is 0 Å². The van der Waals surface area contributed by atoms with E-state index in [1.165, 1.54) is 37.7 Å². The van der Waals surface area contributed by atoms with Crippen LogP contribution in [0.1, 0.15) is 43.7 Å². The molecule has 0 radical (unpaired) electrons.